The molecule has 2 heterocycles. The molecule has 0 amide bonds. The summed E-state index contributed by atoms with van der Waals surface area (Å²) >= 11 is 0. The second kappa shape index (κ2) is 9.47. The maximum Gasteiger partial charge on any atom is 0.249 e. The molecule has 0 N–H and O–H groups in total. The molecule has 0 spiro atoms. The normalized spacial score (nSPS) is 10.8. The third-order valence-electron chi connectivity index (χ3n) is 7.12. The highest BCUT2D eigenvalue weighted by Crippen LogP contribution is 2.39. The quantitative estimate of drug-likeness (QED) is 0.243. The van der Waals surface area contributed by atoms with Crippen molar-refractivity contribution in [3.05, 3.63) is 96.0 Å². The molecule has 192 valence electrons. The first-order valence-electron chi connectivity index (χ1n) is 12.7. The Morgan fingerprint density at radius 1 is 0.524 bits per heavy atom. The van der Waals surface area contributed by atoms with Gasteiger partial charge in [-0.15, -0.1) is 0 Å². The van der Waals surface area contributed by atoms with Crippen molar-refractivity contribution < 1.29 is 8.83 Å². The van der Waals surface area contributed by atoms with Crippen molar-refractivity contribution in [2.24, 2.45) is 0 Å². The fourth-order valence-corrected chi connectivity index (χ4v) is 5.22. The van der Waals surface area contributed by atoms with Crippen LogP contribution in [0.3, 0.4) is 0 Å². The van der Waals surface area contributed by atoms with Crippen LogP contribution < -0.4 is 11.1 Å². The van der Waals surface area contributed by atoms with E-state index in [0.717, 1.165) is 33.0 Å². The average molecular weight is 539 g/mol. The molecule has 0 aliphatic heterocycles. The molecular formula is C34H14N6O2. The Bertz CT molecular complexity index is 2340. The molecule has 8 heteroatoms. The van der Waals surface area contributed by atoms with Gasteiger partial charge in [-0.05, 0) is 46.2 Å². The van der Waals surface area contributed by atoms with Crippen LogP contribution >= 0.6 is 0 Å². The van der Waals surface area contributed by atoms with Crippen LogP contribution in [0.5, 0.6) is 0 Å². The zero-order valence-corrected chi connectivity index (χ0v) is 21.6. The van der Waals surface area contributed by atoms with Gasteiger partial charge in [-0.3, -0.25) is 0 Å². The number of aromatic nitrogens is 2. The number of fused-ring (bicyclic) bond motifs is 6. The third kappa shape index (κ3) is 3.66. The van der Waals surface area contributed by atoms with E-state index in [4.69, 9.17) is 8.83 Å². The number of oxazole rings is 2. The molecule has 42 heavy (non-hydrogen) atoms. The summed E-state index contributed by atoms with van der Waals surface area (Å²) < 4.78 is 12.1. The highest BCUT2D eigenvalue weighted by molar-refractivity contribution is 6.19. The van der Waals surface area contributed by atoms with E-state index in [1.54, 1.807) is 0 Å². The Hall–Kier alpha value is -6.74. The Balaban J connectivity index is 1.68. The summed E-state index contributed by atoms with van der Waals surface area (Å²) in [5, 5.41) is 41.1. The fourth-order valence-electron chi connectivity index (χ4n) is 5.22. The summed E-state index contributed by atoms with van der Waals surface area (Å²) in [6, 6.07) is 34.7. The van der Waals surface area contributed by atoms with Crippen LogP contribution in [0.25, 0.3) is 77.1 Å². The lowest BCUT2D eigenvalue weighted by molar-refractivity contribution is 0.560. The molecule has 0 unspecified atom stereocenters. The van der Waals surface area contributed by atoms with Crippen molar-refractivity contribution in [3.8, 4) is 46.5 Å². The first-order valence-corrected chi connectivity index (χ1v) is 12.7. The van der Waals surface area contributed by atoms with Gasteiger partial charge in [-0.25, -0.2) is 9.97 Å². The summed E-state index contributed by atoms with van der Waals surface area (Å²) in [5.41, 5.74) is 4.60. The van der Waals surface area contributed by atoms with Crippen molar-refractivity contribution in [1.82, 2.24) is 9.97 Å². The fraction of sp³-hybridized carbons (Fsp3) is 0. The van der Waals surface area contributed by atoms with Crippen molar-refractivity contribution in [2.45, 2.75) is 0 Å². The van der Waals surface area contributed by atoms with Crippen LogP contribution in [0.1, 0.15) is 0 Å². The highest BCUT2D eigenvalue weighted by Gasteiger charge is 2.20. The largest absolute Gasteiger partial charge is 0.434 e. The van der Waals surface area contributed by atoms with Gasteiger partial charge in [0, 0.05) is 21.9 Å². The minimum Gasteiger partial charge on any atom is -0.434 e. The van der Waals surface area contributed by atoms with Crippen LogP contribution in [-0.2, 0) is 0 Å². The molecule has 2 aromatic heterocycles. The van der Waals surface area contributed by atoms with Crippen LogP contribution in [0.2, 0.25) is 0 Å². The van der Waals surface area contributed by atoms with Gasteiger partial charge in [0.15, 0.2) is 22.3 Å². The van der Waals surface area contributed by atoms with E-state index in [1.807, 2.05) is 109 Å². The number of nitrogens with zero attached hydrogens (tertiary/aromatic N) is 6. The Morgan fingerprint density at radius 3 is 1.62 bits per heavy atom. The summed E-state index contributed by atoms with van der Waals surface area (Å²) in [6.07, 6.45) is 0. The lowest BCUT2D eigenvalue weighted by Gasteiger charge is -2.10. The second-order valence-corrected chi connectivity index (χ2v) is 9.47. The van der Waals surface area contributed by atoms with Gasteiger partial charge in [-0.1, -0.05) is 60.7 Å². The summed E-state index contributed by atoms with van der Waals surface area (Å²) in [7, 11) is 0. The van der Waals surface area contributed by atoms with Gasteiger partial charge in [0.25, 0.3) is 0 Å². The molecule has 7 aromatic rings. The molecule has 0 aliphatic rings. The van der Waals surface area contributed by atoms with Gasteiger partial charge in [0.2, 0.25) is 11.1 Å². The average Bonchev–Trinajstić information content (AvgIpc) is 3.68. The van der Waals surface area contributed by atoms with Gasteiger partial charge in [0.05, 0.1) is 0 Å². The van der Waals surface area contributed by atoms with E-state index in [1.165, 1.54) is 0 Å². The lowest BCUT2D eigenvalue weighted by atomic mass is 9.94. The zero-order valence-electron chi connectivity index (χ0n) is 21.6. The second-order valence-electron chi connectivity index (χ2n) is 9.47. The molecule has 0 radical (unpaired) electrons. The molecule has 0 saturated carbocycles. The number of hydrogen-bond acceptors (Lipinski definition) is 8. The number of nitriles is 4. The Morgan fingerprint density at radius 2 is 1.02 bits per heavy atom. The molecule has 0 atom stereocenters. The van der Waals surface area contributed by atoms with Gasteiger partial charge in [0.1, 0.15) is 35.3 Å². The van der Waals surface area contributed by atoms with E-state index < -0.39 is 0 Å². The van der Waals surface area contributed by atoms with E-state index in [0.29, 0.717) is 33.0 Å². The van der Waals surface area contributed by atoms with Crippen molar-refractivity contribution in [3.63, 3.8) is 0 Å². The highest BCUT2D eigenvalue weighted by atomic mass is 16.3. The molecule has 5 aromatic carbocycles. The van der Waals surface area contributed by atoms with Crippen molar-refractivity contribution in [1.29, 1.82) is 21.0 Å². The number of hydrogen-bond donors (Lipinski definition) is 0. The molecule has 0 bridgehead atoms. The molecule has 7 rings (SSSR count). The van der Waals surface area contributed by atoms with Gasteiger partial charge < -0.3 is 8.83 Å². The first kappa shape index (κ1) is 24.3. The Labute approximate surface area is 237 Å². The van der Waals surface area contributed by atoms with Crippen LogP contribution in [-0.4, -0.2) is 9.97 Å². The maximum atomic E-state index is 9.50. The molecule has 0 aliphatic carbocycles. The lowest BCUT2D eigenvalue weighted by Crippen LogP contribution is -2.03. The van der Waals surface area contributed by atoms with Crippen LogP contribution in [0.4, 0.5) is 0 Å². The summed E-state index contributed by atoms with van der Waals surface area (Å²) in [6.45, 7) is 0. The molecule has 8 nitrogen and oxygen atoms in total. The SMILES string of the molecule is N#CC(C#N)=c1nc2c(o1)c(-c1ccccc1)cc1cc3cc(-c4ccccc4)c4nc(=C(C#N)C#N)oc4c3cc12. The predicted molar refractivity (Wildman–Crippen MR) is 156 cm³/mol. The minimum absolute atomic E-state index is 0.0599. The van der Waals surface area contributed by atoms with Gasteiger partial charge >= 0.3 is 0 Å². The summed E-state index contributed by atoms with van der Waals surface area (Å²) in [4.78, 5) is 9.16. The topological polar surface area (TPSA) is 147 Å². The monoisotopic (exact) mass is 538 g/mol. The van der Waals surface area contributed by atoms with Crippen LogP contribution in [0.15, 0.2) is 93.8 Å². The van der Waals surface area contributed by atoms with E-state index in [-0.39, 0.29) is 22.2 Å². The Kier molecular flexibility index (Phi) is 5.48. The van der Waals surface area contributed by atoms with Crippen molar-refractivity contribution >= 4 is 54.9 Å². The first-order chi connectivity index (χ1) is 20.6. The predicted octanol–water partition coefficient (Wildman–Crippen LogP) is 6.01. The van der Waals surface area contributed by atoms with E-state index in [9.17, 15) is 21.0 Å². The third-order valence-corrected chi connectivity index (χ3v) is 7.12. The molecular weight excluding hydrogens is 524 g/mol. The number of rotatable bonds is 2. The van der Waals surface area contributed by atoms with Crippen LogP contribution in [0, 0.1) is 45.3 Å². The minimum atomic E-state index is -0.231. The van der Waals surface area contributed by atoms with Gasteiger partial charge in [-0.2, -0.15) is 21.0 Å². The molecule has 0 saturated heterocycles. The van der Waals surface area contributed by atoms with E-state index in [2.05, 4.69) is 9.97 Å². The maximum absolute atomic E-state index is 9.50. The zero-order chi connectivity index (χ0) is 28.8. The smallest absolute Gasteiger partial charge is 0.249 e. The van der Waals surface area contributed by atoms with E-state index >= 15 is 0 Å². The summed E-state index contributed by atoms with van der Waals surface area (Å²) in [5.74, 6) is 0. The standard InChI is InChI=1S/C34H14N6O2/c35-15-23(16-36)33-39-29-25(19-7-3-1-4-8-19)12-22-11-21-13-27(20-9-5-2-6-10-20)31-30(26(21)14-28(22)32(29)42-33)40-34(41-31)24(17-37)18-38/h1-14H. The number of benzene rings is 5. The van der Waals surface area contributed by atoms with Crippen molar-refractivity contribution in [2.75, 3.05) is 0 Å². The molecule has 0 fully saturated rings.